The highest BCUT2D eigenvalue weighted by molar-refractivity contribution is 6.07. The number of amides is 2. The van der Waals surface area contributed by atoms with Gasteiger partial charge in [0.15, 0.2) is 11.5 Å². The Labute approximate surface area is 256 Å². The maximum absolute atomic E-state index is 14.7. The molecular formula is C34H36FN5O4. The average Bonchev–Trinajstić information content (AvgIpc) is 3.05. The van der Waals surface area contributed by atoms with Crippen molar-refractivity contribution in [3.05, 3.63) is 89.4 Å². The number of halogens is 1. The van der Waals surface area contributed by atoms with E-state index >= 15 is 0 Å². The van der Waals surface area contributed by atoms with Gasteiger partial charge in [-0.3, -0.25) is 24.4 Å². The topological polar surface area (TPSA) is 96.0 Å². The van der Waals surface area contributed by atoms with E-state index in [1.165, 1.54) is 18.2 Å². The zero-order valence-corrected chi connectivity index (χ0v) is 24.9. The third kappa shape index (κ3) is 6.66. The summed E-state index contributed by atoms with van der Waals surface area (Å²) in [6.45, 7) is 10.3. The predicted octanol–water partition coefficient (Wildman–Crippen LogP) is 5.57. The molecule has 10 heteroatoms. The smallest absolute Gasteiger partial charge is 0.255 e. The molecule has 0 saturated carbocycles. The largest absolute Gasteiger partial charge is 0.486 e. The van der Waals surface area contributed by atoms with Gasteiger partial charge in [-0.2, -0.15) is 0 Å². The summed E-state index contributed by atoms with van der Waals surface area (Å²) in [5, 5.41) is 6.20. The lowest BCUT2D eigenvalue weighted by Crippen LogP contribution is -2.49. The quantitative estimate of drug-likeness (QED) is 0.274. The van der Waals surface area contributed by atoms with Crippen LogP contribution in [0.1, 0.15) is 46.7 Å². The van der Waals surface area contributed by atoms with E-state index in [-0.39, 0.29) is 5.69 Å². The Morgan fingerprint density at radius 3 is 2.39 bits per heavy atom. The van der Waals surface area contributed by atoms with Gasteiger partial charge in [0.05, 0.1) is 16.9 Å². The summed E-state index contributed by atoms with van der Waals surface area (Å²) < 4.78 is 25.7. The van der Waals surface area contributed by atoms with E-state index < -0.39 is 17.6 Å². The summed E-state index contributed by atoms with van der Waals surface area (Å²) in [6.07, 6.45) is 1.16. The van der Waals surface area contributed by atoms with E-state index in [0.29, 0.717) is 47.6 Å². The number of rotatable bonds is 8. The van der Waals surface area contributed by atoms with Gasteiger partial charge in [-0.25, -0.2) is 4.39 Å². The highest BCUT2D eigenvalue weighted by Crippen LogP contribution is 2.31. The maximum atomic E-state index is 14.7. The standard InChI is InChI=1S/C34H36FN5O4/c1-3-22(2)40-14-12-39(13-15-40)21-27-7-4-23-18-24(5-10-29(23)36-27)34(42)38-30-20-26(8-9-28(30)35)37-33(41)25-6-11-31-32(19-25)44-17-16-43-31/h4-11,18-20,22H,3,12-17,21H2,1-2H3,(H,37,41)(H,38,42). The molecule has 2 aliphatic heterocycles. The second kappa shape index (κ2) is 13.0. The lowest BCUT2D eigenvalue weighted by Gasteiger charge is -2.37. The first-order chi connectivity index (χ1) is 21.4. The minimum absolute atomic E-state index is 0.0445. The molecule has 2 N–H and O–H groups in total. The number of hydrogen-bond donors (Lipinski definition) is 2. The van der Waals surface area contributed by atoms with E-state index in [2.05, 4.69) is 34.3 Å². The molecule has 4 aromatic rings. The Morgan fingerprint density at radius 2 is 1.59 bits per heavy atom. The number of hydrogen-bond acceptors (Lipinski definition) is 7. The van der Waals surface area contributed by atoms with Gasteiger partial charge in [0.2, 0.25) is 0 Å². The van der Waals surface area contributed by atoms with E-state index in [9.17, 15) is 14.0 Å². The lowest BCUT2D eigenvalue weighted by molar-refractivity contribution is 0.0956. The Balaban J connectivity index is 1.09. The molecule has 6 rings (SSSR count). The van der Waals surface area contributed by atoms with Gasteiger partial charge in [-0.1, -0.05) is 13.0 Å². The molecule has 0 aliphatic carbocycles. The summed E-state index contributed by atoms with van der Waals surface area (Å²) in [5.74, 6) is -0.415. The van der Waals surface area contributed by atoms with Crippen molar-refractivity contribution in [2.45, 2.75) is 32.9 Å². The van der Waals surface area contributed by atoms with Crippen LogP contribution in [-0.4, -0.2) is 72.0 Å². The number of aromatic nitrogens is 1. The van der Waals surface area contributed by atoms with Crippen molar-refractivity contribution in [2.24, 2.45) is 0 Å². The van der Waals surface area contributed by atoms with Crippen LogP contribution < -0.4 is 20.1 Å². The SMILES string of the molecule is CCC(C)N1CCN(Cc2ccc3cc(C(=O)Nc4cc(NC(=O)c5ccc6c(c5)OCCO6)ccc4F)ccc3n2)CC1. The van der Waals surface area contributed by atoms with E-state index in [1.807, 2.05) is 18.2 Å². The molecule has 1 unspecified atom stereocenters. The van der Waals surface area contributed by atoms with E-state index in [1.54, 1.807) is 30.3 Å². The van der Waals surface area contributed by atoms with Crippen molar-refractivity contribution in [1.82, 2.24) is 14.8 Å². The fraction of sp³-hybridized carbons (Fsp3) is 0.324. The normalized spacial score (nSPS) is 16.0. The van der Waals surface area contributed by atoms with Gasteiger partial charge in [-0.15, -0.1) is 0 Å². The number of ether oxygens (including phenoxy) is 2. The number of nitrogens with one attached hydrogen (secondary N) is 2. The number of piperazine rings is 1. The first kappa shape index (κ1) is 29.5. The van der Waals surface area contributed by atoms with Crippen LogP contribution in [0, 0.1) is 5.82 Å². The molecule has 1 atom stereocenters. The molecule has 2 aliphatic rings. The van der Waals surface area contributed by atoms with Gasteiger partial charge in [0.25, 0.3) is 11.8 Å². The molecule has 9 nitrogen and oxygen atoms in total. The highest BCUT2D eigenvalue weighted by Gasteiger charge is 2.21. The van der Waals surface area contributed by atoms with Gasteiger partial charge >= 0.3 is 0 Å². The third-order valence-corrected chi connectivity index (χ3v) is 8.29. The van der Waals surface area contributed by atoms with Crippen molar-refractivity contribution in [3.63, 3.8) is 0 Å². The Bertz CT molecular complexity index is 1690. The number of anilines is 2. The number of fused-ring (bicyclic) bond motifs is 2. The van der Waals surface area contributed by atoms with Crippen molar-refractivity contribution in [3.8, 4) is 11.5 Å². The fourth-order valence-corrected chi connectivity index (χ4v) is 5.53. The predicted molar refractivity (Wildman–Crippen MR) is 168 cm³/mol. The van der Waals surface area contributed by atoms with Crippen molar-refractivity contribution >= 4 is 34.1 Å². The van der Waals surface area contributed by atoms with Crippen LogP contribution in [0.5, 0.6) is 11.5 Å². The fourth-order valence-electron chi connectivity index (χ4n) is 5.53. The minimum Gasteiger partial charge on any atom is -0.486 e. The van der Waals surface area contributed by atoms with Gasteiger partial charge < -0.3 is 20.1 Å². The first-order valence-electron chi connectivity index (χ1n) is 15.0. The van der Waals surface area contributed by atoms with Gasteiger partial charge in [0, 0.05) is 61.0 Å². The van der Waals surface area contributed by atoms with Crippen molar-refractivity contribution in [1.29, 1.82) is 0 Å². The number of benzene rings is 3. The van der Waals surface area contributed by atoms with Crippen molar-refractivity contribution < 1.29 is 23.5 Å². The monoisotopic (exact) mass is 597 g/mol. The number of carbonyl (C=O) groups excluding carboxylic acids is 2. The van der Waals surface area contributed by atoms with Crippen LogP contribution >= 0.6 is 0 Å². The second-order valence-electron chi connectivity index (χ2n) is 11.2. The maximum Gasteiger partial charge on any atom is 0.255 e. The van der Waals surface area contributed by atoms with Crippen LogP contribution in [0.2, 0.25) is 0 Å². The molecule has 2 amide bonds. The zero-order chi connectivity index (χ0) is 30.6. The molecule has 0 spiro atoms. The van der Waals surface area contributed by atoms with Crippen LogP contribution in [0.3, 0.4) is 0 Å². The molecule has 228 valence electrons. The number of carbonyl (C=O) groups is 2. The molecule has 44 heavy (non-hydrogen) atoms. The van der Waals surface area contributed by atoms with E-state index in [4.69, 9.17) is 14.5 Å². The average molecular weight is 598 g/mol. The lowest BCUT2D eigenvalue weighted by atomic mass is 10.1. The molecule has 0 radical (unpaired) electrons. The summed E-state index contributed by atoms with van der Waals surface area (Å²) in [5.41, 5.74) is 2.81. The third-order valence-electron chi connectivity index (χ3n) is 8.29. The Morgan fingerprint density at radius 1 is 0.864 bits per heavy atom. The summed E-state index contributed by atoms with van der Waals surface area (Å²) in [6, 6.07) is 18.8. The van der Waals surface area contributed by atoms with Gasteiger partial charge in [-0.05, 0) is 74.0 Å². The molecular weight excluding hydrogens is 561 g/mol. The molecule has 3 heterocycles. The molecule has 3 aromatic carbocycles. The highest BCUT2D eigenvalue weighted by atomic mass is 19.1. The van der Waals surface area contributed by atoms with Crippen LogP contribution in [0.15, 0.2) is 66.7 Å². The second-order valence-corrected chi connectivity index (χ2v) is 11.2. The minimum atomic E-state index is -0.618. The van der Waals surface area contributed by atoms with E-state index in [0.717, 1.165) is 55.7 Å². The summed E-state index contributed by atoms with van der Waals surface area (Å²) in [4.78, 5) is 35.7. The Hall–Kier alpha value is -4.54. The Kier molecular flexibility index (Phi) is 8.72. The van der Waals surface area contributed by atoms with Crippen LogP contribution in [-0.2, 0) is 6.54 Å². The molecule has 1 aromatic heterocycles. The summed E-state index contributed by atoms with van der Waals surface area (Å²) in [7, 11) is 0. The van der Waals surface area contributed by atoms with Crippen molar-refractivity contribution in [2.75, 3.05) is 50.0 Å². The van der Waals surface area contributed by atoms with Crippen LogP contribution in [0.4, 0.5) is 15.8 Å². The molecule has 1 fully saturated rings. The summed E-state index contributed by atoms with van der Waals surface area (Å²) >= 11 is 0. The first-order valence-corrected chi connectivity index (χ1v) is 15.0. The number of nitrogens with zero attached hydrogens (tertiary/aromatic N) is 3. The molecule has 1 saturated heterocycles. The van der Waals surface area contributed by atoms with Crippen LogP contribution in [0.25, 0.3) is 10.9 Å². The number of pyridine rings is 1. The molecule has 0 bridgehead atoms. The zero-order valence-electron chi connectivity index (χ0n) is 24.9. The van der Waals surface area contributed by atoms with Gasteiger partial charge in [0.1, 0.15) is 19.0 Å².